The van der Waals surface area contributed by atoms with Gasteiger partial charge in [0, 0.05) is 17.8 Å². The number of amides is 1. The molecule has 6 nitrogen and oxygen atoms in total. The molecule has 3 heterocycles. The SMILES string of the molecule is O=C(N[C@@H]1CCc2cc(-c3ccon3)ccc21)c1cnc2ccccn12. The van der Waals surface area contributed by atoms with Crippen LogP contribution in [0.3, 0.4) is 0 Å². The van der Waals surface area contributed by atoms with Crippen molar-refractivity contribution >= 4 is 11.6 Å². The number of carbonyl (C=O) groups is 1. The Kier molecular flexibility index (Phi) is 3.35. The molecule has 0 unspecified atom stereocenters. The molecule has 0 saturated carbocycles. The molecule has 128 valence electrons. The topological polar surface area (TPSA) is 72.4 Å². The number of fused-ring (bicyclic) bond motifs is 2. The molecule has 0 aliphatic heterocycles. The first-order valence-corrected chi connectivity index (χ1v) is 8.56. The molecular formula is C20H16N4O2. The molecule has 0 bridgehead atoms. The maximum Gasteiger partial charge on any atom is 0.270 e. The summed E-state index contributed by atoms with van der Waals surface area (Å²) in [6.45, 7) is 0. The number of hydrogen-bond acceptors (Lipinski definition) is 4. The Morgan fingerprint density at radius 3 is 3.08 bits per heavy atom. The van der Waals surface area contributed by atoms with Crippen LogP contribution in [-0.2, 0) is 6.42 Å². The van der Waals surface area contributed by atoms with E-state index >= 15 is 0 Å². The van der Waals surface area contributed by atoms with Gasteiger partial charge in [0.2, 0.25) is 0 Å². The fourth-order valence-corrected chi connectivity index (χ4v) is 3.62. The molecule has 1 aliphatic carbocycles. The van der Waals surface area contributed by atoms with E-state index in [0.717, 1.165) is 29.7 Å². The Bertz CT molecular complexity index is 1100. The molecule has 26 heavy (non-hydrogen) atoms. The number of rotatable bonds is 3. The summed E-state index contributed by atoms with van der Waals surface area (Å²) in [4.78, 5) is 17.0. The first-order chi connectivity index (χ1) is 12.8. The fourth-order valence-electron chi connectivity index (χ4n) is 3.62. The molecule has 1 amide bonds. The molecular weight excluding hydrogens is 328 g/mol. The molecule has 1 aliphatic rings. The Hall–Kier alpha value is -3.41. The van der Waals surface area contributed by atoms with Crippen molar-refractivity contribution in [3.8, 4) is 11.3 Å². The molecule has 3 aromatic heterocycles. The summed E-state index contributed by atoms with van der Waals surface area (Å²) in [6, 6.07) is 13.8. The molecule has 1 N–H and O–H groups in total. The van der Waals surface area contributed by atoms with Crippen molar-refractivity contribution in [1.29, 1.82) is 0 Å². The molecule has 0 spiro atoms. The second kappa shape index (κ2) is 5.84. The van der Waals surface area contributed by atoms with Gasteiger partial charge in [-0.05, 0) is 42.2 Å². The Morgan fingerprint density at radius 1 is 1.23 bits per heavy atom. The van der Waals surface area contributed by atoms with Crippen molar-refractivity contribution in [3.05, 3.63) is 77.9 Å². The number of pyridine rings is 1. The molecule has 0 radical (unpaired) electrons. The Morgan fingerprint density at radius 2 is 2.19 bits per heavy atom. The second-order valence-electron chi connectivity index (χ2n) is 6.44. The van der Waals surface area contributed by atoms with E-state index in [4.69, 9.17) is 4.52 Å². The normalized spacial score (nSPS) is 15.9. The lowest BCUT2D eigenvalue weighted by molar-refractivity contribution is 0.0931. The van der Waals surface area contributed by atoms with E-state index in [0.29, 0.717) is 5.69 Å². The highest BCUT2D eigenvalue weighted by atomic mass is 16.5. The van der Waals surface area contributed by atoms with Crippen LogP contribution >= 0.6 is 0 Å². The number of aromatic nitrogens is 3. The molecule has 1 aromatic carbocycles. The highest BCUT2D eigenvalue weighted by Crippen LogP contribution is 2.34. The first kappa shape index (κ1) is 14.9. The van der Waals surface area contributed by atoms with Crippen molar-refractivity contribution < 1.29 is 9.32 Å². The number of nitrogens with zero attached hydrogens (tertiary/aromatic N) is 3. The van der Waals surface area contributed by atoms with Crippen LogP contribution in [0.25, 0.3) is 16.9 Å². The largest absolute Gasteiger partial charge is 0.364 e. The lowest BCUT2D eigenvalue weighted by Gasteiger charge is -2.14. The van der Waals surface area contributed by atoms with Crippen molar-refractivity contribution in [1.82, 2.24) is 19.9 Å². The summed E-state index contributed by atoms with van der Waals surface area (Å²) in [6.07, 6.45) is 6.86. The van der Waals surface area contributed by atoms with Crippen LogP contribution in [-0.4, -0.2) is 20.4 Å². The van der Waals surface area contributed by atoms with Gasteiger partial charge >= 0.3 is 0 Å². The smallest absolute Gasteiger partial charge is 0.270 e. The van der Waals surface area contributed by atoms with E-state index in [2.05, 4.69) is 27.6 Å². The minimum atomic E-state index is -0.109. The lowest BCUT2D eigenvalue weighted by Crippen LogP contribution is -2.28. The molecule has 5 rings (SSSR count). The fraction of sp³-hybridized carbons (Fsp3) is 0.150. The van der Waals surface area contributed by atoms with Crippen LogP contribution in [0.5, 0.6) is 0 Å². The van der Waals surface area contributed by atoms with Gasteiger partial charge in [0.15, 0.2) is 0 Å². The van der Waals surface area contributed by atoms with Gasteiger partial charge in [0.25, 0.3) is 5.91 Å². The maximum atomic E-state index is 12.7. The van der Waals surface area contributed by atoms with Crippen molar-refractivity contribution in [2.45, 2.75) is 18.9 Å². The van der Waals surface area contributed by atoms with Crippen LogP contribution < -0.4 is 5.32 Å². The molecule has 6 heteroatoms. The summed E-state index contributed by atoms with van der Waals surface area (Å²) >= 11 is 0. The summed E-state index contributed by atoms with van der Waals surface area (Å²) < 4.78 is 6.73. The third-order valence-electron chi connectivity index (χ3n) is 4.91. The zero-order valence-electron chi connectivity index (χ0n) is 13.9. The lowest BCUT2D eigenvalue weighted by atomic mass is 10.0. The van der Waals surface area contributed by atoms with Crippen LogP contribution in [0.2, 0.25) is 0 Å². The van der Waals surface area contributed by atoms with Gasteiger partial charge in [0.05, 0.1) is 12.2 Å². The van der Waals surface area contributed by atoms with Gasteiger partial charge in [-0.15, -0.1) is 0 Å². The van der Waals surface area contributed by atoms with Gasteiger partial charge in [0.1, 0.15) is 23.3 Å². The number of carbonyl (C=O) groups excluding carboxylic acids is 1. The zero-order chi connectivity index (χ0) is 17.5. The molecule has 0 fully saturated rings. The Labute approximate surface area is 149 Å². The highest BCUT2D eigenvalue weighted by molar-refractivity contribution is 5.93. The van der Waals surface area contributed by atoms with Crippen LogP contribution in [0.1, 0.15) is 34.1 Å². The maximum absolute atomic E-state index is 12.7. The standard InChI is InChI=1S/C20H16N4O2/c25-20(18-12-21-19-3-1-2-9-24(18)19)22-17-7-5-13-11-14(4-6-15(13)17)16-8-10-26-23-16/h1-4,6,8-12,17H,5,7H2,(H,22,25)/t17-/m1/s1. The van der Waals surface area contributed by atoms with Crippen LogP contribution in [0.15, 0.2) is 65.6 Å². The van der Waals surface area contributed by atoms with E-state index in [1.807, 2.05) is 36.5 Å². The third-order valence-corrected chi connectivity index (χ3v) is 4.91. The summed E-state index contributed by atoms with van der Waals surface area (Å²) in [5.74, 6) is -0.109. The minimum Gasteiger partial charge on any atom is -0.364 e. The van der Waals surface area contributed by atoms with Crippen LogP contribution in [0, 0.1) is 0 Å². The quantitative estimate of drug-likeness (QED) is 0.618. The van der Waals surface area contributed by atoms with E-state index in [1.54, 1.807) is 16.9 Å². The second-order valence-corrected chi connectivity index (χ2v) is 6.44. The number of aryl methyl sites for hydroxylation is 1. The Balaban J connectivity index is 1.41. The van der Waals surface area contributed by atoms with E-state index in [1.165, 1.54) is 11.1 Å². The van der Waals surface area contributed by atoms with Crippen LogP contribution in [0.4, 0.5) is 0 Å². The average Bonchev–Trinajstić information content (AvgIpc) is 3.41. The molecule has 1 atom stereocenters. The third kappa shape index (κ3) is 2.38. The summed E-state index contributed by atoms with van der Waals surface area (Å²) in [7, 11) is 0. The van der Waals surface area contributed by atoms with Gasteiger partial charge in [-0.2, -0.15) is 0 Å². The van der Waals surface area contributed by atoms with Crippen molar-refractivity contribution in [2.75, 3.05) is 0 Å². The highest BCUT2D eigenvalue weighted by Gasteiger charge is 2.25. The number of nitrogens with one attached hydrogen (secondary N) is 1. The predicted molar refractivity (Wildman–Crippen MR) is 95.7 cm³/mol. The van der Waals surface area contributed by atoms with E-state index < -0.39 is 0 Å². The van der Waals surface area contributed by atoms with Crippen molar-refractivity contribution in [3.63, 3.8) is 0 Å². The predicted octanol–water partition coefficient (Wildman–Crippen LogP) is 3.41. The molecule has 4 aromatic rings. The number of benzene rings is 1. The number of hydrogen-bond donors (Lipinski definition) is 1. The first-order valence-electron chi connectivity index (χ1n) is 8.56. The van der Waals surface area contributed by atoms with E-state index in [9.17, 15) is 4.79 Å². The van der Waals surface area contributed by atoms with Gasteiger partial charge in [-0.3, -0.25) is 9.20 Å². The van der Waals surface area contributed by atoms with Gasteiger partial charge < -0.3 is 9.84 Å². The minimum absolute atomic E-state index is 0.0121. The van der Waals surface area contributed by atoms with Crippen molar-refractivity contribution in [2.24, 2.45) is 0 Å². The number of imidazole rings is 1. The summed E-state index contributed by atoms with van der Waals surface area (Å²) in [5.41, 5.74) is 5.58. The summed E-state index contributed by atoms with van der Waals surface area (Å²) in [5, 5.41) is 7.14. The average molecular weight is 344 g/mol. The zero-order valence-corrected chi connectivity index (χ0v) is 13.9. The van der Waals surface area contributed by atoms with Gasteiger partial charge in [-0.25, -0.2) is 4.98 Å². The van der Waals surface area contributed by atoms with E-state index in [-0.39, 0.29) is 11.9 Å². The molecule has 0 saturated heterocycles. The van der Waals surface area contributed by atoms with Gasteiger partial charge in [-0.1, -0.05) is 23.4 Å². The monoisotopic (exact) mass is 344 g/mol.